The zero-order valence-electron chi connectivity index (χ0n) is 12.0. The number of carbonyl (C=O) groups is 1. The van der Waals surface area contributed by atoms with Gasteiger partial charge in [0.15, 0.2) is 0 Å². The van der Waals surface area contributed by atoms with Gasteiger partial charge in [0.2, 0.25) is 0 Å². The summed E-state index contributed by atoms with van der Waals surface area (Å²) in [6.45, 7) is 4.87. The van der Waals surface area contributed by atoms with Crippen molar-refractivity contribution in [3.63, 3.8) is 0 Å². The molecule has 1 heterocycles. The number of hydrogen-bond donors (Lipinski definition) is 1. The molecule has 1 N–H and O–H groups in total. The van der Waals surface area contributed by atoms with Gasteiger partial charge < -0.3 is 10.2 Å². The molecule has 3 heteroatoms. The van der Waals surface area contributed by atoms with Crippen molar-refractivity contribution in [2.75, 3.05) is 12.4 Å². The Hall–Kier alpha value is -2.29. The summed E-state index contributed by atoms with van der Waals surface area (Å²) >= 11 is 0. The van der Waals surface area contributed by atoms with Crippen LogP contribution in [-0.4, -0.2) is 17.9 Å². The Kier molecular flexibility index (Phi) is 2.97. The number of fused-ring (bicyclic) bond motifs is 1. The fourth-order valence-corrected chi connectivity index (χ4v) is 2.76. The van der Waals surface area contributed by atoms with Crippen molar-refractivity contribution in [1.82, 2.24) is 4.90 Å². The lowest BCUT2D eigenvalue weighted by molar-refractivity contribution is 0.0816. The van der Waals surface area contributed by atoms with Crippen molar-refractivity contribution in [2.24, 2.45) is 0 Å². The molecule has 0 bridgehead atoms. The van der Waals surface area contributed by atoms with Crippen molar-refractivity contribution >= 4 is 17.3 Å². The number of anilines is 2. The van der Waals surface area contributed by atoms with Gasteiger partial charge in [-0.2, -0.15) is 0 Å². The molecule has 0 saturated heterocycles. The van der Waals surface area contributed by atoms with Crippen LogP contribution in [0.5, 0.6) is 0 Å². The quantitative estimate of drug-likeness (QED) is 0.900. The first kappa shape index (κ1) is 12.7. The summed E-state index contributed by atoms with van der Waals surface area (Å²) < 4.78 is 0. The number of nitrogens with one attached hydrogen (secondary N) is 1. The Labute approximate surface area is 119 Å². The van der Waals surface area contributed by atoms with E-state index in [0.29, 0.717) is 6.54 Å². The number of amides is 1. The first-order valence-electron chi connectivity index (χ1n) is 6.76. The molecule has 0 spiro atoms. The van der Waals surface area contributed by atoms with Gasteiger partial charge in [-0.25, -0.2) is 0 Å². The minimum absolute atomic E-state index is 0.109. The fraction of sp³-hybridized carbons (Fsp3) is 0.235. The maximum Gasteiger partial charge on any atom is 0.254 e. The lowest BCUT2D eigenvalue weighted by atomic mass is 10.1. The third-order valence-corrected chi connectivity index (χ3v) is 3.60. The standard InChI is InChI=1S/C17H18N2O/c1-11-6-12(2)8-15(7-11)18-14-4-5-16-13(9-14)10-19(3)17(16)20/h4-9,18H,10H2,1-3H3. The van der Waals surface area contributed by atoms with Crippen molar-refractivity contribution in [1.29, 1.82) is 0 Å². The van der Waals surface area contributed by atoms with Gasteiger partial charge in [-0.3, -0.25) is 4.79 Å². The van der Waals surface area contributed by atoms with Crippen LogP contribution in [0.15, 0.2) is 36.4 Å². The zero-order chi connectivity index (χ0) is 14.3. The van der Waals surface area contributed by atoms with Gasteiger partial charge in [0.25, 0.3) is 5.91 Å². The second-order valence-corrected chi connectivity index (χ2v) is 5.53. The first-order valence-corrected chi connectivity index (χ1v) is 6.76. The summed E-state index contributed by atoms with van der Waals surface area (Å²) in [5.74, 6) is 0.109. The SMILES string of the molecule is Cc1cc(C)cc(Nc2ccc3c(c2)CN(C)C3=O)c1. The molecule has 2 aromatic rings. The molecule has 0 aromatic heterocycles. The van der Waals surface area contributed by atoms with Gasteiger partial charge >= 0.3 is 0 Å². The highest BCUT2D eigenvalue weighted by Crippen LogP contribution is 2.27. The summed E-state index contributed by atoms with van der Waals surface area (Å²) in [7, 11) is 1.83. The number of hydrogen-bond acceptors (Lipinski definition) is 2. The first-order chi connectivity index (χ1) is 9.52. The molecular formula is C17H18N2O. The Morgan fingerprint density at radius 2 is 1.70 bits per heavy atom. The number of carbonyl (C=O) groups excluding carboxylic acids is 1. The molecule has 1 aliphatic rings. The molecule has 0 unspecified atom stereocenters. The lowest BCUT2D eigenvalue weighted by Crippen LogP contribution is -2.17. The van der Waals surface area contributed by atoms with Crippen LogP contribution >= 0.6 is 0 Å². The molecule has 1 aliphatic heterocycles. The van der Waals surface area contributed by atoms with Crippen molar-refractivity contribution in [3.8, 4) is 0 Å². The molecule has 2 aromatic carbocycles. The molecule has 3 nitrogen and oxygen atoms in total. The molecule has 1 amide bonds. The molecule has 0 saturated carbocycles. The second-order valence-electron chi connectivity index (χ2n) is 5.53. The van der Waals surface area contributed by atoms with Gasteiger partial charge in [0.1, 0.15) is 0 Å². The summed E-state index contributed by atoms with van der Waals surface area (Å²) in [6, 6.07) is 12.3. The Balaban J connectivity index is 1.89. The van der Waals surface area contributed by atoms with Crippen LogP contribution < -0.4 is 5.32 Å². The normalized spacial score (nSPS) is 13.6. The van der Waals surface area contributed by atoms with Gasteiger partial charge in [-0.15, -0.1) is 0 Å². The predicted molar refractivity (Wildman–Crippen MR) is 81.4 cm³/mol. The van der Waals surface area contributed by atoms with Crippen LogP contribution in [0.25, 0.3) is 0 Å². The summed E-state index contributed by atoms with van der Waals surface area (Å²) in [6.07, 6.45) is 0. The maximum absolute atomic E-state index is 11.9. The van der Waals surface area contributed by atoms with Gasteiger partial charge in [0.05, 0.1) is 0 Å². The summed E-state index contributed by atoms with van der Waals surface area (Å²) in [4.78, 5) is 13.6. The fourth-order valence-electron chi connectivity index (χ4n) is 2.76. The monoisotopic (exact) mass is 266 g/mol. The average molecular weight is 266 g/mol. The minimum atomic E-state index is 0.109. The zero-order valence-corrected chi connectivity index (χ0v) is 12.0. The third-order valence-electron chi connectivity index (χ3n) is 3.60. The highest BCUT2D eigenvalue weighted by Gasteiger charge is 2.24. The highest BCUT2D eigenvalue weighted by molar-refractivity contribution is 5.98. The van der Waals surface area contributed by atoms with Crippen LogP contribution in [0.1, 0.15) is 27.0 Å². The van der Waals surface area contributed by atoms with Crippen molar-refractivity contribution in [3.05, 3.63) is 58.7 Å². The minimum Gasteiger partial charge on any atom is -0.356 e. The summed E-state index contributed by atoms with van der Waals surface area (Å²) in [5, 5.41) is 3.42. The number of rotatable bonds is 2. The van der Waals surface area contributed by atoms with E-state index in [9.17, 15) is 4.79 Å². The molecule has 3 rings (SSSR count). The number of nitrogens with zero attached hydrogens (tertiary/aromatic N) is 1. The van der Waals surface area contributed by atoms with Crippen LogP contribution in [0.3, 0.4) is 0 Å². The molecule has 0 atom stereocenters. The molecule has 0 radical (unpaired) electrons. The molecule has 20 heavy (non-hydrogen) atoms. The van der Waals surface area contributed by atoms with E-state index in [4.69, 9.17) is 0 Å². The largest absolute Gasteiger partial charge is 0.356 e. The Morgan fingerprint density at radius 3 is 2.40 bits per heavy atom. The van der Waals surface area contributed by atoms with E-state index in [2.05, 4.69) is 43.4 Å². The topological polar surface area (TPSA) is 32.3 Å². The number of benzene rings is 2. The van der Waals surface area contributed by atoms with Gasteiger partial charge in [0, 0.05) is 30.5 Å². The van der Waals surface area contributed by atoms with E-state index in [1.165, 1.54) is 11.1 Å². The van der Waals surface area contributed by atoms with Gasteiger partial charge in [-0.05, 0) is 60.9 Å². The van der Waals surface area contributed by atoms with Crippen LogP contribution in [0, 0.1) is 13.8 Å². The lowest BCUT2D eigenvalue weighted by Gasteiger charge is -2.09. The van der Waals surface area contributed by atoms with Crippen LogP contribution in [0.2, 0.25) is 0 Å². The smallest absolute Gasteiger partial charge is 0.254 e. The van der Waals surface area contributed by atoms with Crippen molar-refractivity contribution in [2.45, 2.75) is 20.4 Å². The molecule has 0 aliphatic carbocycles. The van der Waals surface area contributed by atoms with E-state index in [0.717, 1.165) is 22.5 Å². The molecule has 102 valence electrons. The molecule has 0 fully saturated rings. The van der Waals surface area contributed by atoms with Crippen LogP contribution in [0.4, 0.5) is 11.4 Å². The van der Waals surface area contributed by atoms with E-state index >= 15 is 0 Å². The summed E-state index contributed by atoms with van der Waals surface area (Å²) in [5.41, 5.74) is 6.49. The highest BCUT2D eigenvalue weighted by atomic mass is 16.2. The van der Waals surface area contributed by atoms with Gasteiger partial charge in [-0.1, -0.05) is 6.07 Å². The van der Waals surface area contributed by atoms with Crippen molar-refractivity contribution < 1.29 is 4.79 Å². The Morgan fingerprint density at radius 1 is 1.00 bits per heavy atom. The third kappa shape index (κ3) is 2.27. The van der Waals surface area contributed by atoms with E-state index < -0.39 is 0 Å². The average Bonchev–Trinajstić information content (AvgIpc) is 2.63. The maximum atomic E-state index is 11.9. The number of aryl methyl sites for hydroxylation is 2. The molecular weight excluding hydrogens is 248 g/mol. The second kappa shape index (κ2) is 4.67. The Bertz CT molecular complexity index is 671. The van der Waals surface area contributed by atoms with E-state index in [1.807, 2.05) is 19.2 Å². The van der Waals surface area contributed by atoms with E-state index in [1.54, 1.807) is 4.90 Å². The van der Waals surface area contributed by atoms with Crippen LogP contribution in [-0.2, 0) is 6.54 Å². The van der Waals surface area contributed by atoms with E-state index in [-0.39, 0.29) is 5.91 Å². The predicted octanol–water partition coefficient (Wildman–Crippen LogP) is 3.63.